The van der Waals surface area contributed by atoms with Crippen molar-refractivity contribution in [2.75, 3.05) is 0 Å². The predicted octanol–water partition coefficient (Wildman–Crippen LogP) is 3.94. The van der Waals surface area contributed by atoms with Crippen LogP contribution in [0.4, 0.5) is 0 Å². The Morgan fingerprint density at radius 1 is 1.27 bits per heavy atom. The average molecular weight is 205 g/mol. The van der Waals surface area contributed by atoms with E-state index in [-0.39, 0.29) is 5.76 Å². The van der Waals surface area contributed by atoms with E-state index in [4.69, 9.17) is 5.26 Å². The molecule has 0 radical (unpaired) electrons. The van der Waals surface area contributed by atoms with Crippen molar-refractivity contribution in [1.29, 1.82) is 5.26 Å². The van der Waals surface area contributed by atoms with Crippen molar-refractivity contribution in [2.24, 2.45) is 5.92 Å². The maximum Gasteiger partial charge on any atom is 0.292 e. The van der Waals surface area contributed by atoms with Crippen LogP contribution >= 0.6 is 0 Å². The van der Waals surface area contributed by atoms with Crippen molar-refractivity contribution in [1.82, 2.24) is 0 Å². The standard InChI is InChI=1S/C8H14.C5H5NO/c1-2-8-6-4-3-5-7-8;1-3-5(2)7-4-6/h2,8H,1,3-7H2;3H,1-2H2. The Kier molecular flexibility index (Phi) is 8.18. The van der Waals surface area contributed by atoms with Crippen molar-refractivity contribution in [3.63, 3.8) is 0 Å². The van der Waals surface area contributed by atoms with Gasteiger partial charge in [-0.1, -0.05) is 38.5 Å². The van der Waals surface area contributed by atoms with Gasteiger partial charge in [-0.25, -0.2) is 0 Å². The van der Waals surface area contributed by atoms with Crippen LogP contribution in [0.2, 0.25) is 0 Å². The summed E-state index contributed by atoms with van der Waals surface area (Å²) in [5.74, 6) is 1.13. The minimum atomic E-state index is 0.280. The molecule has 1 aliphatic rings. The summed E-state index contributed by atoms with van der Waals surface area (Å²) in [5, 5.41) is 7.79. The summed E-state index contributed by atoms with van der Waals surface area (Å²) in [6, 6.07) is 0. The van der Waals surface area contributed by atoms with Crippen molar-refractivity contribution in [2.45, 2.75) is 32.1 Å². The molecule has 0 aromatic heterocycles. The molecule has 1 aliphatic carbocycles. The molecule has 0 heterocycles. The highest BCUT2D eigenvalue weighted by atomic mass is 16.5. The third kappa shape index (κ3) is 7.57. The maximum absolute atomic E-state index is 7.79. The molecule has 1 saturated carbocycles. The lowest BCUT2D eigenvalue weighted by molar-refractivity contribution is 0.395. The second kappa shape index (κ2) is 9.08. The van der Waals surface area contributed by atoms with E-state index < -0.39 is 0 Å². The van der Waals surface area contributed by atoms with Crippen LogP contribution < -0.4 is 0 Å². The van der Waals surface area contributed by atoms with Gasteiger partial charge in [0.1, 0.15) is 5.76 Å². The molecule has 0 saturated heterocycles. The number of hydrogen-bond donors (Lipinski definition) is 0. The molecule has 0 aromatic carbocycles. The second-order valence-electron chi connectivity index (χ2n) is 3.50. The number of hydrogen-bond acceptors (Lipinski definition) is 2. The minimum Gasteiger partial charge on any atom is -0.389 e. The quantitative estimate of drug-likeness (QED) is 0.302. The summed E-state index contributed by atoms with van der Waals surface area (Å²) in [6.45, 7) is 10.4. The van der Waals surface area contributed by atoms with Crippen LogP contribution in [0.3, 0.4) is 0 Å². The summed E-state index contributed by atoms with van der Waals surface area (Å²) in [4.78, 5) is 0. The maximum atomic E-state index is 7.79. The molecule has 2 heteroatoms. The van der Waals surface area contributed by atoms with E-state index in [2.05, 4.69) is 30.5 Å². The van der Waals surface area contributed by atoms with Crippen molar-refractivity contribution in [3.05, 3.63) is 37.6 Å². The molecular weight excluding hydrogens is 186 g/mol. The van der Waals surface area contributed by atoms with Gasteiger partial charge in [0.15, 0.2) is 0 Å². The predicted molar refractivity (Wildman–Crippen MR) is 62.8 cm³/mol. The van der Waals surface area contributed by atoms with Crippen molar-refractivity contribution in [3.8, 4) is 6.26 Å². The van der Waals surface area contributed by atoms with Crippen LogP contribution in [0.1, 0.15) is 32.1 Å². The van der Waals surface area contributed by atoms with Gasteiger partial charge in [-0.3, -0.25) is 0 Å². The zero-order valence-electron chi connectivity index (χ0n) is 9.24. The molecule has 0 spiro atoms. The number of allylic oxidation sites excluding steroid dienone is 2. The summed E-state index contributed by atoms with van der Waals surface area (Å²) < 4.78 is 4.18. The Hall–Kier alpha value is -1.49. The van der Waals surface area contributed by atoms with Crippen LogP contribution in [0, 0.1) is 17.4 Å². The minimum absolute atomic E-state index is 0.280. The highest BCUT2D eigenvalue weighted by Crippen LogP contribution is 2.23. The highest BCUT2D eigenvalue weighted by molar-refractivity contribution is 5.03. The zero-order chi connectivity index (χ0) is 11.5. The highest BCUT2D eigenvalue weighted by Gasteiger charge is 2.07. The van der Waals surface area contributed by atoms with E-state index >= 15 is 0 Å². The van der Waals surface area contributed by atoms with E-state index in [9.17, 15) is 0 Å². The topological polar surface area (TPSA) is 33.0 Å². The lowest BCUT2D eigenvalue weighted by atomic mass is 9.90. The van der Waals surface area contributed by atoms with Gasteiger partial charge in [-0.15, -0.1) is 11.8 Å². The first kappa shape index (κ1) is 13.5. The number of ether oxygens (including phenoxy) is 1. The first-order chi connectivity index (χ1) is 7.24. The molecule has 0 amide bonds. The molecule has 1 fully saturated rings. The number of rotatable bonds is 3. The third-order valence-electron chi connectivity index (χ3n) is 2.39. The molecular formula is C13H19NO. The molecule has 0 N–H and O–H groups in total. The Morgan fingerprint density at radius 2 is 1.87 bits per heavy atom. The van der Waals surface area contributed by atoms with Gasteiger partial charge in [-0.2, -0.15) is 0 Å². The van der Waals surface area contributed by atoms with Gasteiger partial charge in [0, 0.05) is 0 Å². The van der Waals surface area contributed by atoms with Gasteiger partial charge >= 0.3 is 0 Å². The SMILES string of the molecule is C=CC(=C)OC#N.C=CC1CCCCC1. The number of nitrogens with zero attached hydrogens (tertiary/aromatic N) is 1. The molecule has 1 rings (SSSR count). The normalized spacial score (nSPS) is 15.1. The van der Waals surface area contributed by atoms with Crippen LogP contribution in [-0.4, -0.2) is 0 Å². The van der Waals surface area contributed by atoms with Crippen molar-refractivity contribution < 1.29 is 4.74 Å². The van der Waals surface area contributed by atoms with Gasteiger partial charge in [0.05, 0.1) is 0 Å². The van der Waals surface area contributed by atoms with E-state index in [1.165, 1.54) is 44.4 Å². The molecule has 0 aliphatic heterocycles. The smallest absolute Gasteiger partial charge is 0.292 e. The van der Waals surface area contributed by atoms with E-state index in [0.29, 0.717) is 0 Å². The Labute approximate surface area is 92.6 Å². The summed E-state index contributed by atoms with van der Waals surface area (Å²) in [6.07, 6.45) is 12.0. The van der Waals surface area contributed by atoms with Crippen LogP contribution in [-0.2, 0) is 4.74 Å². The van der Waals surface area contributed by atoms with Crippen molar-refractivity contribution >= 4 is 0 Å². The largest absolute Gasteiger partial charge is 0.389 e. The summed E-state index contributed by atoms with van der Waals surface area (Å²) >= 11 is 0. The first-order valence-corrected chi connectivity index (χ1v) is 5.24. The second-order valence-corrected chi connectivity index (χ2v) is 3.50. The van der Waals surface area contributed by atoms with Crippen LogP contribution in [0.25, 0.3) is 0 Å². The Bertz CT molecular complexity index is 244. The number of nitriles is 1. The molecule has 0 atom stereocenters. The first-order valence-electron chi connectivity index (χ1n) is 5.24. The monoisotopic (exact) mass is 205 g/mol. The molecule has 82 valence electrons. The van der Waals surface area contributed by atoms with Gasteiger partial charge in [0.25, 0.3) is 6.26 Å². The summed E-state index contributed by atoms with van der Waals surface area (Å²) in [7, 11) is 0. The Balaban J connectivity index is 0.000000265. The Morgan fingerprint density at radius 3 is 2.13 bits per heavy atom. The fraction of sp³-hybridized carbons (Fsp3) is 0.462. The fourth-order valence-electron chi connectivity index (χ4n) is 1.47. The van der Waals surface area contributed by atoms with Gasteiger partial charge in [-0.05, 0) is 24.8 Å². The molecule has 0 unspecified atom stereocenters. The zero-order valence-corrected chi connectivity index (χ0v) is 9.24. The molecule has 15 heavy (non-hydrogen) atoms. The van der Waals surface area contributed by atoms with Gasteiger partial charge < -0.3 is 4.74 Å². The van der Waals surface area contributed by atoms with Crippen LogP contribution in [0.15, 0.2) is 37.6 Å². The van der Waals surface area contributed by atoms with Crippen LogP contribution in [0.5, 0.6) is 0 Å². The average Bonchev–Trinajstić information content (AvgIpc) is 2.31. The summed E-state index contributed by atoms with van der Waals surface area (Å²) in [5.41, 5.74) is 0. The lowest BCUT2D eigenvalue weighted by Gasteiger charge is -2.16. The lowest BCUT2D eigenvalue weighted by Crippen LogP contribution is -2.01. The van der Waals surface area contributed by atoms with E-state index in [0.717, 1.165) is 5.92 Å². The molecule has 2 nitrogen and oxygen atoms in total. The fourth-order valence-corrected chi connectivity index (χ4v) is 1.47. The van der Waals surface area contributed by atoms with E-state index in [1.54, 1.807) is 0 Å². The molecule has 0 bridgehead atoms. The third-order valence-corrected chi connectivity index (χ3v) is 2.39. The molecule has 0 aromatic rings. The van der Waals surface area contributed by atoms with Gasteiger partial charge in [0.2, 0.25) is 0 Å². The van der Waals surface area contributed by atoms with E-state index in [1.807, 2.05) is 0 Å².